The van der Waals surface area contributed by atoms with Crippen molar-refractivity contribution in [2.24, 2.45) is 0 Å². The third-order valence-corrected chi connectivity index (χ3v) is 8.17. The van der Waals surface area contributed by atoms with Gasteiger partial charge in [0.05, 0.1) is 12.7 Å². The summed E-state index contributed by atoms with van der Waals surface area (Å²) < 4.78 is 10.8. The second-order valence-corrected chi connectivity index (χ2v) is 12.6. The molecule has 44 heavy (non-hydrogen) atoms. The maximum Gasteiger partial charge on any atom is 0.506 e. The lowest BCUT2D eigenvalue weighted by molar-refractivity contribution is -0.00676. The van der Waals surface area contributed by atoms with E-state index in [0.29, 0.717) is 13.2 Å². The minimum atomic E-state index is -1.20. The molecule has 0 saturated heterocycles. The Balaban J connectivity index is 3.61. The first-order valence-corrected chi connectivity index (χ1v) is 18.7. The van der Waals surface area contributed by atoms with Crippen molar-refractivity contribution in [3.05, 3.63) is 36.5 Å². The lowest BCUT2D eigenvalue weighted by atomic mass is 10.1. The molecule has 5 heteroatoms. The molecule has 0 radical (unpaired) electrons. The van der Waals surface area contributed by atoms with Crippen LogP contribution in [0.1, 0.15) is 181 Å². The van der Waals surface area contributed by atoms with Crippen LogP contribution in [0, 0.1) is 0 Å². The maximum absolute atomic E-state index is 11.1. The van der Waals surface area contributed by atoms with Gasteiger partial charge >= 0.3 is 6.16 Å². The van der Waals surface area contributed by atoms with Crippen molar-refractivity contribution in [2.75, 3.05) is 13.2 Å². The van der Waals surface area contributed by atoms with E-state index >= 15 is 0 Å². The zero-order chi connectivity index (χ0) is 32.2. The third-order valence-electron chi connectivity index (χ3n) is 8.17. The number of allylic oxidation sites excluding steroid dienone is 5. The van der Waals surface area contributed by atoms with Crippen LogP contribution >= 0.6 is 0 Å². The van der Waals surface area contributed by atoms with Gasteiger partial charge in [-0.05, 0) is 77.0 Å². The smallest absolute Gasteiger partial charge is 0.450 e. The predicted octanol–water partition coefficient (Wildman–Crippen LogP) is 12.3. The molecular weight excluding hydrogens is 548 g/mol. The van der Waals surface area contributed by atoms with Crippen molar-refractivity contribution in [1.82, 2.24) is 0 Å². The van der Waals surface area contributed by atoms with Crippen molar-refractivity contribution in [3.63, 3.8) is 0 Å². The zero-order valence-corrected chi connectivity index (χ0v) is 29.0. The summed E-state index contributed by atoms with van der Waals surface area (Å²) in [4.78, 5) is 11.1. The Labute approximate surface area is 273 Å². The van der Waals surface area contributed by atoms with Gasteiger partial charge in [-0.25, -0.2) is 4.79 Å². The average molecular weight is 621 g/mol. The van der Waals surface area contributed by atoms with Gasteiger partial charge in [-0.2, -0.15) is 0 Å². The highest BCUT2D eigenvalue weighted by molar-refractivity contribution is 5.57. The van der Waals surface area contributed by atoms with Gasteiger partial charge in [0, 0.05) is 6.61 Å². The minimum Gasteiger partial charge on any atom is -0.450 e. The number of ether oxygens (including phenoxy) is 2. The summed E-state index contributed by atoms with van der Waals surface area (Å²) in [6.07, 6.45) is 41.8. The molecule has 0 rings (SSSR count). The minimum absolute atomic E-state index is 0.174. The van der Waals surface area contributed by atoms with Gasteiger partial charge in [0.25, 0.3) is 0 Å². The zero-order valence-electron chi connectivity index (χ0n) is 29.0. The summed E-state index contributed by atoms with van der Waals surface area (Å²) >= 11 is 0. The molecule has 2 atom stereocenters. The first-order valence-electron chi connectivity index (χ1n) is 18.7. The Kier molecular flexibility index (Phi) is 34.6. The Morgan fingerprint density at radius 3 is 1.68 bits per heavy atom. The summed E-state index contributed by atoms with van der Waals surface area (Å²) in [5.41, 5.74) is 0. The van der Waals surface area contributed by atoms with Crippen molar-refractivity contribution >= 4 is 6.16 Å². The van der Waals surface area contributed by atoms with E-state index < -0.39 is 6.16 Å². The monoisotopic (exact) mass is 621 g/mol. The Morgan fingerprint density at radius 1 is 0.591 bits per heavy atom. The van der Waals surface area contributed by atoms with Gasteiger partial charge in [-0.15, -0.1) is 0 Å². The summed E-state index contributed by atoms with van der Waals surface area (Å²) in [5.74, 6) is 0. The van der Waals surface area contributed by atoms with Crippen molar-refractivity contribution in [2.45, 2.75) is 193 Å². The fraction of sp³-hybridized carbons (Fsp3) is 0.821. The number of carbonyl (C=O) groups is 1. The molecule has 0 aromatic rings. The molecular formula is C39H72O5. The van der Waals surface area contributed by atoms with E-state index in [1.807, 2.05) is 0 Å². The van der Waals surface area contributed by atoms with Crippen LogP contribution < -0.4 is 0 Å². The molecule has 0 aliphatic rings. The van der Waals surface area contributed by atoms with Crippen LogP contribution in [0.4, 0.5) is 4.79 Å². The number of aliphatic hydroxyl groups excluding tert-OH is 1. The molecule has 5 nitrogen and oxygen atoms in total. The quantitative estimate of drug-likeness (QED) is 0.0425. The summed E-state index contributed by atoms with van der Waals surface area (Å²) in [7, 11) is 0. The maximum atomic E-state index is 11.1. The topological polar surface area (TPSA) is 76.0 Å². The second kappa shape index (κ2) is 35.9. The molecule has 0 aromatic carbocycles. The third kappa shape index (κ3) is 34.9. The average Bonchev–Trinajstić information content (AvgIpc) is 3.00. The Bertz CT molecular complexity index is 671. The lowest BCUT2D eigenvalue weighted by Crippen LogP contribution is -2.23. The number of unbranched alkanes of at least 4 members (excludes halogenated alkanes) is 18. The molecule has 0 aromatic heterocycles. The first-order chi connectivity index (χ1) is 21.6. The molecule has 0 aliphatic heterocycles. The van der Waals surface area contributed by atoms with E-state index in [-0.39, 0.29) is 12.2 Å². The van der Waals surface area contributed by atoms with Gasteiger partial charge in [-0.3, -0.25) is 0 Å². The van der Waals surface area contributed by atoms with E-state index in [0.717, 1.165) is 64.2 Å². The Hall–Kier alpha value is -1.59. The predicted molar refractivity (Wildman–Crippen MR) is 189 cm³/mol. The van der Waals surface area contributed by atoms with Crippen molar-refractivity contribution in [3.8, 4) is 0 Å². The number of aliphatic hydroxyl groups is 1. The first kappa shape index (κ1) is 42.4. The van der Waals surface area contributed by atoms with Crippen LogP contribution in [0.3, 0.4) is 0 Å². The van der Waals surface area contributed by atoms with Gasteiger partial charge in [0.1, 0.15) is 6.10 Å². The van der Waals surface area contributed by atoms with Gasteiger partial charge in [0.2, 0.25) is 0 Å². The fourth-order valence-electron chi connectivity index (χ4n) is 5.36. The van der Waals surface area contributed by atoms with E-state index in [9.17, 15) is 9.90 Å². The van der Waals surface area contributed by atoms with E-state index in [4.69, 9.17) is 14.6 Å². The standard InChI is InChI=1S/C39H72O5/c1-3-5-7-9-10-11-12-13-14-15-16-17-20-23-26-30-34-38(44-39(41)42)36-43-35-31-27-24-21-18-19-22-25-29-33-37(40)32-28-8-6-4-2/h10-11,13-14,25,29,37-38,40H,3-9,12,15-24,26-28,30-36H2,1-2H3,(H,41,42)/b11-10-,14-13-,29-25-. The largest absolute Gasteiger partial charge is 0.506 e. The van der Waals surface area contributed by atoms with Crippen LogP contribution in [0.2, 0.25) is 0 Å². The lowest BCUT2D eigenvalue weighted by Gasteiger charge is -2.16. The number of hydrogen-bond acceptors (Lipinski definition) is 4. The molecule has 258 valence electrons. The SMILES string of the molecule is CCCCC/C=C\C/C=C\CCCCCCCCC(COCCCCCCCC/C=C\CC(O)CCCCCC)OC(=O)O. The highest BCUT2D eigenvalue weighted by Crippen LogP contribution is 2.14. The molecule has 0 bridgehead atoms. The molecule has 0 spiro atoms. The van der Waals surface area contributed by atoms with Crippen LogP contribution in [0.15, 0.2) is 36.5 Å². The Morgan fingerprint density at radius 2 is 1.07 bits per heavy atom. The van der Waals surface area contributed by atoms with Gasteiger partial charge < -0.3 is 19.7 Å². The summed E-state index contributed by atoms with van der Waals surface area (Å²) in [6.45, 7) is 5.50. The van der Waals surface area contributed by atoms with Crippen LogP contribution in [-0.2, 0) is 9.47 Å². The molecule has 0 amide bonds. The summed E-state index contributed by atoms with van der Waals surface area (Å²) in [5, 5.41) is 19.1. The molecule has 2 unspecified atom stereocenters. The number of rotatable bonds is 34. The van der Waals surface area contributed by atoms with Crippen molar-refractivity contribution in [1.29, 1.82) is 0 Å². The van der Waals surface area contributed by atoms with Crippen LogP contribution in [-0.4, -0.2) is 41.8 Å². The number of carboxylic acid groups (broad SMARTS) is 1. The van der Waals surface area contributed by atoms with Gasteiger partial charge in [0.15, 0.2) is 0 Å². The second-order valence-electron chi connectivity index (χ2n) is 12.6. The van der Waals surface area contributed by atoms with Crippen LogP contribution in [0.25, 0.3) is 0 Å². The molecule has 0 saturated carbocycles. The van der Waals surface area contributed by atoms with E-state index in [2.05, 4.69) is 50.3 Å². The molecule has 0 heterocycles. The van der Waals surface area contributed by atoms with E-state index in [1.54, 1.807) is 0 Å². The molecule has 0 fully saturated rings. The highest BCUT2D eigenvalue weighted by Gasteiger charge is 2.13. The summed E-state index contributed by atoms with van der Waals surface area (Å²) in [6, 6.07) is 0. The highest BCUT2D eigenvalue weighted by atomic mass is 16.7. The molecule has 0 aliphatic carbocycles. The van der Waals surface area contributed by atoms with Crippen LogP contribution in [0.5, 0.6) is 0 Å². The van der Waals surface area contributed by atoms with E-state index in [1.165, 1.54) is 103 Å². The fourth-order valence-corrected chi connectivity index (χ4v) is 5.36. The van der Waals surface area contributed by atoms with Gasteiger partial charge in [-0.1, -0.05) is 140 Å². The molecule has 2 N–H and O–H groups in total. The van der Waals surface area contributed by atoms with Crippen molar-refractivity contribution < 1.29 is 24.5 Å². The number of hydrogen-bond donors (Lipinski definition) is 2. The normalized spacial score (nSPS) is 13.4.